The van der Waals surface area contributed by atoms with Crippen molar-refractivity contribution in [3.05, 3.63) is 77.6 Å². The van der Waals surface area contributed by atoms with Crippen LogP contribution < -0.4 is 23.7 Å². The average Bonchev–Trinajstić information content (AvgIpc) is 3.33. The maximum absolute atomic E-state index is 13.4. The van der Waals surface area contributed by atoms with E-state index in [1.54, 1.807) is 22.9 Å². The second kappa shape index (κ2) is 9.04. The number of Topliss-reactive ketones (excluding diaryl/α,β-unsaturated/α-hetero) is 1. The summed E-state index contributed by atoms with van der Waals surface area (Å²) in [6, 6.07) is 13.1. The molecule has 0 saturated carbocycles. The maximum atomic E-state index is 13.4. The molecule has 2 heterocycles. The number of sulfonamides is 1. The molecule has 0 aromatic heterocycles. The Bertz CT molecular complexity index is 1460. The van der Waals surface area contributed by atoms with Crippen LogP contribution in [0.5, 0.6) is 23.0 Å². The Kier molecular flexibility index (Phi) is 5.88. The van der Waals surface area contributed by atoms with Crippen molar-refractivity contribution in [3.63, 3.8) is 0 Å². The summed E-state index contributed by atoms with van der Waals surface area (Å²) in [5.41, 5.74) is 0.534. The summed E-state index contributed by atoms with van der Waals surface area (Å²) in [4.78, 5) is 25.6. The quantitative estimate of drug-likeness (QED) is 0.544. The summed E-state index contributed by atoms with van der Waals surface area (Å²) >= 11 is 0. The zero-order valence-corrected chi connectivity index (χ0v) is 19.4. The SMILES string of the molecule is COc1ccc2c(c1)O[C@@H](c1ccc3c(c1)OCO3)[C@H](OC(=O)NS(=O)(=O)c1ccc(F)cc1)C2=O. The molecule has 0 bridgehead atoms. The highest BCUT2D eigenvalue weighted by Crippen LogP contribution is 2.41. The van der Waals surface area contributed by atoms with E-state index < -0.39 is 39.9 Å². The highest BCUT2D eigenvalue weighted by atomic mass is 32.2. The standard InChI is InChI=1S/C24H18FNO9S/c1-31-15-5-8-17-19(11-15)34-22(13-2-9-18-20(10-13)33-12-32-18)23(21(17)27)35-24(28)26-36(29,30)16-6-3-14(25)4-7-16/h2-11,22-23H,12H2,1H3,(H,26,28)/t22-,23+/m0/s1. The second-order valence-electron chi connectivity index (χ2n) is 7.76. The van der Waals surface area contributed by atoms with Crippen LogP contribution in [0.15, 0.2) is 65.6 Å². The molecule has 0 aliphatic carbocycles. The summed E-state index contributed by atoms with van der Waals surface area (Å²) in [6.45, 7) is 0.0207. The predicted molar refractivity (Wildman–Crippen MR) is 120 cm³/mol. The molecule has 1 N–H and O–H groups in total. The number of carbonyl (C=O) groups is 2. The van der Waals surface area contributed by atoms with Gasteiger partial charge in [-0.25, -0.2) is 22.3 Å². The van der Waals surface area contributed by atoms with Crippen LogP contribution in [-0.4, -0.2) is 40.3 Å². The van der Waals surface area contributed by atoms with Crippen LogP contribution in [0.3, 0.4) is 0 Å². The molecule has 5 rings (SSSR count). The Balaban J connectivity index is 1.46. The largest absolute Gasteiger partial charge is 0.497 e. The van der Waals surface area contributed by atoms with Crippen LogP contribution in [0.4, 0.5) is 9.18 Å². The fraction of sp³-hybridized carbons (Fsp3) is 0.167. The fourth-order valence-electron chi connectivity index (χ4n) is 3.79. The van der Waals surface area contributed by atoms with Gasteiger partial charge in [-0.1, -0.05) is 6.07 Å². The fourth-order valence-corrected chi connectivity index (χ4v) is 4.67. The predicted octanol–water partition coefficient (Wildman–Crippen LogP) is 3.36. The third kappa shape index (κ3) is 4.38. The number of ketones is 1. The van der Waals surface area contributed by atoms with Crippen LogP contribution in [0, 0.1) is 5.82 Å². The van der Waals surface area contributed by atoms with E-state index in [2.05, 4.69) is 0 Å². The Morgan fingerprint density at radius 2 is 1.75 bits per heavy atom. The molecule has 0 radical (unpaired) electrons. The lowest BCUT2D eigenvalue weighted by Gasteiger charge is -2.32. The van der Waals surface area contributed by atoms with Crippen LogP contribution in [0.2, 0.25) is 0 Å². The van der Waals surface area contributed by atoms with Crippen LogP contribution in [0.25, 0.3) is 0 Å². The second-order valence-corrected chi connectivity index (χ2v) is 9.45. The van der Waals surface area contributed by atoms with Gasteiger partial charge in [0.15, 0.2) is 17.6 Å². The molecule has 12 heteroatoms. The van der Waals surface area contributed by atoms with Crippen molar-refractivity contribution in [2.75, 3.05) is 13.9 Å². The van der Waals surface area contributed by atoms with Crippen molar-refractivity contribution in [1.29, 1.82) is 0 Å². The molecule has 2 aliphatic heterocycles. The Hall–Kier alpha value is -4.32. The van der Waals surface area contributed by atoms with Crippen molar-refractivity contribution in [1.82, 2.24) is 4.72 Å². The van der Waals surface area contributed by atoms with Gasteiger partial charge in [0.2, 0.25) is 18.7 Å². The molecule has 0 spiro atoms. The summed E-state index contributed by atoms with van der Waals surface area (Å²) in [7, 11) is -2.94. The van der Waals surface area contributed by atoms with Crippen molar-refractivity contribution in [2.24, 2.45) is 0 Å². The minimum Gasteiger partial charge on any atom is -0.497 e. The topological polar surface area (TPSA) is 126 Å². The highest BCUT2D eigenvalue weighted by Gasteiger charge is 2.42. The number of halogens is 1. The van der Waals surface area contributed by atoms with Gasteiger partial charge in [-0.3, -0.25) is 4.79 Å². The van der Waals surface area contributed by atoms with Crippen molar-refractivity contribution in [3.8, 4) is 23.0 Å². The van der Waals surface area contributed by atoms with Gasteiger partial charge >= 0.3 is 6.09 Å². The Morgan fingerprint density at radius 3 is 2.50 bits per heavy atom. The van der Waals surface area contributed by atoms with Gasteiger partial charge in [0.1, 0.15) is 17.3 Å². The minimum absolute atomic E-state index is 0.0207. The number of methoxy groups -OCH3 is 1. The minimum atomic E-state index is -4.40. The molecule has 36 heavy (non-hydrogen) atoms. The summed E-state index contributed by atoms with van der Waals surface area (Å²) in [5, 5.41) is 0. The highest BCUT2D eigenvalue weighted by molar-refractivity contribution is 7.90. The average molecular weight is 515 g/mol. The number of amides is 1. The Morgan fingerprint density at radius 1 is 1.00 bits per heavy atom. The zero-order chi connectivity index (χ0) is 25.4. The first-order chi connectivity index (χ1) is 17.2. The summed E-state index contributed by atoms with van der Waals surface area (Å²) in [6.07, 6.45) is -4.11. The lowest BCUT2D eigenvalue weighted by molar-refractivity contribution is 0.0106. The normalized spacial score (nSPS) is 18.1. The molecule has 3 aromatic rings. The number of benzene rings is 3. The van der Waals surface area contributed by atoms with Crippen molar-refractivity contribution in [2.45, 2.75) is 17.1 Å². The molecule has 0 unspecified atom stereocenters. The first-order valence-corrected chi connectivity index (χ1v) is 12.0. The van der Waals surface area contributed by atoms with Gasteiger partial charge in [-0.15, -0.1) is 0 Å². The number of carbonyl (C=O) groups excluding carboxylic acids is 2. The molecule has 186 valence electrons. The van der Waals surface area contributed by atoms with Crippen LogP contribution in [0.1, 0.15) is 22.0 Å². The van der Waals surface area contributed by atoms with Gasteiger partial charge < -0.3 is 23.7 Å². The third-order valence-electron chi connectivity index (χ3n) is 5.54. The number of hydrogen-bond donors (Lipinski definition) is 1. The molecule has 2 aliphatic rings. The monoisotopic (exact) mass is 515 g/mol. The lowest BCUT2D eigenvalue weighted by atomic mass is 9.93. The van der Waals surface area contributed by atoms with Gasteiger partial charge in [-0.2, -0.15) is 0 Å². The summed E-state index contributed by atoms with van der Waals surface area (Å²) < 4.78 is 67.2. The molecular weight excluding hydrogens is 497 g/mol. The zero-order valence-electron chi connectivity index (χ0n) is 18.6. The molecule has 1 amide bonds. The lowest BCUT2D eigenvalue weighted by Crippen LogP contribution is -2.43. The number of rotatable bonds is 5. The smallest absolute Gasteiger partial charge is 0.422 e. The van der Waals surface area contributed by atoms with Crippen molar-refractivity contribution >= 4 is 21.9 Å². The first-order valence-electron chi connectivity index (χ1n) is 10.5. The summed E-state index contributed by atoms with van der Waals surface area (Å²) in [5.74, 6) is 0.263. The van der Waals surface area contributed by atoms with E-state index >= 15 is 0 Å². The molecule has 0 fully saturated rings. The molecular formula is C24H18FNO9S. The van der Waals surface area contributed by atoms with Gasteiger partial charge in [-0.05, 0) is 48.5 Å². The van der Waals surface area contributed by atoms with E-state index in [0.717, 1.165) is 24.3 Å². The van der Waals surface area contributed by atoms with E-state index in [9.17, 15) is 22.4 Å². The van der Waals surface area contributed by atoms with Crippen molar-refractivity contribution < 1.29 is 46.1 Å². The van der Waals surface area contributed by atoms with E-state index in [4.69, 9.17) is 23.7 Å². The van der Waals surface area contributed by atoms with E-state index in [-0.39, 0.29) is 23.0 Å². The van der Waals surface area contributed by atoms with E-state index in [1.165, 1.54) is 25.3 Å². The van der Waals surface area contributed by atoms with Gasteiger partial charge in [0.25, 0.3) is 10.0 Å². The van der Waals surface area contributed by atoms with E-state index in [0.29, 0.717) is 22.8 Å². The van der Waals surface area contributed by atoms with Gasteiger partial charge in [0, 0.05) is 11.6 Å². The number of ether oxygens (including phenoxy) is 5. The maximum Gasteiger partial charge on any atom is 0.422 e. The first kappa shape index (κ1) is 23.4. The molecule has 10 nitrogen and oxygen atoms in total. The number of nitrogens with one attached hydrogen (secondary N) is 1. The Labute approximate surface area is 204 Å². The third-order valence-corrected chi connectivity index (χ3v) is 6.87. The van der Waals surface area contributed by atoms with E-state index in [1.807, 2.05) is 0 Å². The number of hydrogen-bond acceptors (Lipinski definition) is 9. The number of fused-ring (bicyclic) bond motifs is 2. The van der Waals surface area contributed by atoms with Gasteiger partial charge in [0.05, 0.1) is 17.6 Å². The van der Waals surface area contributed by atoms with Crippen LogP contribution in [-0.2, 0) is 14.8 Å². The molecule has 2 atom stereocenters. The van der Waals surface area contributed by atoms with Crippen LogP contribution >= 0.6 is 0 Å². The molecule has 3 aromatic carbocycles. The molecule has 0 saturated heterocycles.